The fourth-order valence-corrected chi connectivity index (χ4v) is 2.33. The molecule has 1 aromatic carbocycles. The number of aliphatic hydroxyl groups is 1. The second-order valence-corrected chi connectivity index (χ2v) is 4.72. The Morgan fingerprint density at radius 3 is 2.88 bits per heavy atom. The molecule has 17 heavy (non-hydrogen) atoms. The van der Waals surface area contributed by atoms with E-state index < -0.39 is 17.2 Å². The van der Waals surface area contributed by atoms with Crippen LogP contribution >= 0.6 is 0 Å². The molecule has 0 radical (unpaired) electrons. The molecule has 0 spiro atoms. The molecular formula is C13H17F2NO. The number of benzene rings is 1. The highest BCUT2D eigenvalue weighted by atomic mass is 19.2. The summed E-state index contributed by atoms with van der Waals surface area (Å²) in [4.78, 5) is 0. The van der Waals surface area contributed by atoms with Gasteiger partial charge in [0, 0.05) is 6.42 Å². The van der Waals surface area contributed by atoms with Crippen LogP contribution in [0.15, 0.2) is 18.2 Å². The van der Waals surface area contributed by atoms with E-state index in [0.717, 1.165) is 19.0 Å². The predicted octanol–water partition coefficient (Wildman–Crippen LogP) is 2.01. The second-order valence-electron chi connectivity index (χ2n) is 4.72. The SMILES string of the molecule is OC1(Cc2cccc(F)c2F)CCCNCC1. The molecule has 1 fully saturated rings. The van der Waals surface area contributed by atoms with E-state index >= 15 is 0 Å². The van der Waals surface area contributed by atoms with Crippen LogP contribution in [0.3, 0.4) is 0 Å². The van der Waals surface area contributed by atoms with Crippen molar-refractivity contribution in [3.63, 3.8) is 0 Å². The van der Waals surface area contributed by atoms with Gasteiger partial charge in [-0.3, -0.25) is 0 Å². The fraction of sp³-hybridized carbons (Fsp3) is 0.538. The summed E-state index contributed by atoms with van der Waals surface area (Å²) in [7, 11) is 0. The van der Waals surface area contributed by atoms with Crippen molar-refractivity contribution in [2.45, 2.75) is 31.3 Å². The van der Waals surface area contributed by atoms with Crippen LogP contribution in [-0.4, -0.2) is 23.8 Å². The number of nitrogens with one attached hydrogen (secondary N) is 1. The first kappa shape index (κ1) is 12.5. The Hall–Kier alpha value is -1.00. The maximum atomic E-state index is 13.5. The maximum Gasteiger partial charge on any atom is 0.162 e. The van der Waals surface area contributed by atoms with E-state index in [1.165, 1.54) is 12.1 Å². The summed E-state index contributed by atoms with van der Waals surface area (Å²) < 4.78 is 26.6. The van der Waals surface area contributed by atoms with Crippen molar-refractivity contribution in [1.82, 2.24) is 5.32 Å². The molecule has 0 saturated carbocycles. The number of hydrogen-bond donors (Lipinski definition) is 2. The molecule has 1 saturated heterocycles. The lowest BCUT2D eigenvalue weighted by molar-refractivity contribution is 0.0275. The summed E-state index contributed by atoms with van der Waals surface area (Å²) in [6.07, 6.45) is 2.23. The van der Waals surface area contributed by atoms with Crippen LogP contribution in [0.2, 0.25) is 0 Å². The Morgan fingerprint density at radius 1 is 1.24 bits per heavy atom. The van der Waals surface area contributed by atoms with Crippen molar-refractivity contribution < 1.29 is 13.9 Å². The third kappa shape index (κ3) is 3.01. The molecule has 0 amide bonds. The van der Waals surface area contributed by atoms with Gasteiger partial charge in [0.2, 0.25) is 0 Å². The fourth-order valence-electron chi connectivity index (χ4n) is 2.33. The Kier molecular flexibility index (Phi) is 3.74. The summed E-state index contributed by atoms with van der Waals surface area (Å²) in [6, 6.07) is 4.11. The van der Waals surface area contributed by atoms with Gasteiger partial charge in [0.05, 0.1) is 5.60 Å². The normalized spacial score (nSPS) is 25.6. The molecule has 1 unspecified atom stereocenters. The topological polar surface area (TPSA) is 32.3 Å². The molecule has 1 aliphatic rings. The van der Waals surface area contributed by atoms with Gasteiger partial charge >= 0.3 is 0 Å². The van der Waals surface area contributed by atoms with Gasteiger partial charge in [-0.2, -0.15) is 0 Å². The van der Waals surface area contributed by atoms with Gasteiger partial charge in [-0.05, 0) is 44.0 Å². The van der Waals surface area contributed by atoms with Crippen LogP contribution in [0, 0.1) is 11.6 Å². The zero-order valence-corrected chi connectivity index (χ0v) is 9.68. The first-order valence-corrected chi connectivity index (χ1v) is 5.97. The van der Waals surface area contributed by atoms with E-state index in [4.69, 9.17) is 0 Å². The van der Waals surface area contributed by atoms with Gasteiger partial charge in [-0.15, -0.1) is 0 Å². The van der Waals surface area contributed by atoms with Crippen LogP contribution in [0.25, 0.3) is 0 Å². The number of hydrogen-bond acceptors (Lipinski definition) is 2. The van der Waals surface area contributed by atoms with Gasteiger partial charge in [-0.1, -0.05) is 12.1 Å². The van der Waals surface area contributed by atoms with Crippen LogP contribution in [0.5, 0.6) is 0 Å². The molecule has 0 aliphatic carbocycles. The lowest BCUT2D eigenvalue weighted by atomic mass is 9.87. The molecule has 4 heteroatoms. The summed E-state index contributed by atoms with van der Waals surface area (Å²) in [5.74, 6) is -1.68. The third-order valence-corrected chi connectivity index (χ3v) is 3.31. The molecule has 0 aromatic heterocycles. The van der Waals surface area contributed by atoms with Crippen LogP contribution in [0.1, 0.15) is 24.8 Å². The molecule has 1 aromatic rings. The van der Waals surface area contributed by atoms with Crippen molar-refractivity contribution in [2.24, 2.45) is 0 Å². The van der Waals surface area contributed by atoms with E-state index in [1.807, 2.05) is 0 Å². The van der Waals surface area contributed by atoms with Crippen molar-refractivity contribution in [3.8, 4) is 0 Å². The quantitative estimate of drug-likeness (QED) is 0.830. The van der Waals surface area contributed by atoms with Gasteiger partial charge in [-0.25, -0.2) is 8.78 Å². The summed E-state index contributed by atoms with van der Waals surface area (Å²) in [6.45, 7) is 1.58. The molecule has 1 heterocycles. The average molecular weight is 241 g/mol. The van der Waals surface area contributed by atoms with Crippen molar-refractivity contribution in [3.05, 3.63) is 35.4 Å². The lowest BCUT2D eigenvalue weighted by Gasteiger charge is -2.26. The van der Waals surface area contributed by atoms with E-state index in [-0.39, 0.29) is 12.0 Å². The molecule has 0 bridgehead atoms. The smallest absolute Gasteiger partial charge is 0.162 e. The van der Waals surface area contributed by atoms with E-state index in [0.29, 0.717) is 19.4 Å². The highest BCUT2D eigenvalue weighted by Crippen LogP contribution is 2.26. The molecular weight excluding hydrogens is 224 g/mol. The van der Waals surface area contributed by atoms with E-state index in [2.05, 4.69) is 5.32 Å². The Balaban J connectivity index is 2.15. The van der Waals surface area contributed by atoms with E-state index in [9.17, 15) is 13.9 Å². The molecule has 1 aliphatic heterocycles. The molecule has 2 nitrogen and oxygen atoms in total. The average Bonchev–Trinajstić information content (AvgIpc) is 2.50. The van der Waals surface area contributed by atoms with Crippen LogP contribution in [-0.2, 0) is 6.42 Å². The molecule has 2 rings (SSSR count). The Morgan fingerprint density at radius 2 is 2.06 bits per heavy atom. The van der Waals surface area contributed by atoms with Gasteiger partial charge in [0.15, 0.2) is 11.6 Å². The van der Waals surface area contributed by atoms with Gasteiger partial charge in [0.25, 0.3) is 0 Å². The van der Waals surface area contributed by atoms with E-state index in [1.54, 1.807) is 0 Å². The summed E-state index contributed by atoms with van der Waals surface area (Å²) >= 11 is 0. The van der Waals surface area contributed by atoms with Crippen molar-refractivity contribution >= 4 is 0 Å². The maximum absolute atomic E-state index is 13.5. The summed E-state index contributed by atoms with van der Waals surface area (Å²) in [5.41, 5.74) is -0.660. The zero-order chi connectivity index (χ0) is 12.3. The lowest BCUT2D eigenvalue weighted by Crippen LogP contribution is -2.33. The van der Waals surface area contributed by atoms with Crippen LogP contribution in [0.4, 0.5) is 8.78 Å². The highest BCUT2D eigenvalue weighted by molar-refractivity contribution is 5.21. The minimum Gasteiger partial charge on any atom is -0.389 e. The predicted molar refractivity (Wildman–Crippen MR) is 61.7 cm³/mol. The molecule has 1 atom stereocenters. The third-order valence-electron chi connectivity index (χ3n) is 3.31. The first-order valence-electron chi connectivity index (χ1n) is 5.97. The minimum absolute atomic E-state index is 0.179. The largest absolute Gasteiger partial charge is 0.389 e. The highest BCUT2D eigenvalue weighted by Gasteiger charge is 2.29. The standard InChI is InChI=1S/C13H17F2NO/c14-11-4-1-3-10(12(11)15)9-13(17)5-2-7-16-8-6-13/h1,3-4,16-17H,2,5-9H2. The van der Waals surface area contributed by atoms with Gasteiger partial charge in [0.1, 0.15) is 0 Å². The number of halogens is 2. The van der Waals surface area contributed by atoms with Crippen LogP contribution < -0.4 is 5.32 Å². The number of rotatable bonds is 2. The monoisotopic (exact) mass is 241 g/mol. The second kappa shape index (κ2) is 5.10. The summed E-state index contributed by atoms with van der Waals surface area (Å²) in [5, 5.41) is 13.6. The Labute approximate surface area is 99.7 Å². The van der Waals surface area contributed by atoms with Gasteiger partial charge < -0.3 is 10.4 Å². The van der Waals surface area contributed by atoms with Crippen molar-refractivity contribution in [2.75, 3.05) is 13.1 Å². The van der Waals surface area contributed by atoms with Crippen molar-refractivity contribution in [1.29, 1.82) is 0 Å². The minimum atomic E-state index is -0.919. The first-order chi connectivity index (χ1) is 8.11. The molecule has 2 N–H and O–H groups in total. The Bertz CT molecular complexity index is 387. The zero-order valence-electron chi connectivity index (χ0n) is 9.68. The molecule has 94 valence electrons.